The van der Waals surface area contributed by atoms with Crippen LogP contribution in [0, 0.1) is 0 Å². The number of aliphatic hydroxyl groups is 2. The first-order chi connectivity index (χ1) is 9.70. The highest BCUT2D eigenvalue weighted by molar-refractivity contribution is 5.60. The first-order valence-electron chi connectivity index (χ1n) is 6.69. The largest absolute Gasteiger partial charge is 0.390 e. The Balaban J connectivity index is 2.11. The molecule has 0 heterocycles. The van der Waals surface area contributed by atoms with Crippen LogP contribution in [0.4, 0.5) is 11.4 Å². The molecule has 2 aromatic carbocycles. The van der Waals surface area contributed by atoms with Crippen molar-refractivity contribution in [3.8, 4) is 0 Å². The van der Waals surface area contributed by atoms with Gasteiger partial charge in [-0.1, -0.05) is 30.3 Å². The Bertz CT molecular complexity index is 531. The quantitative estimate of drug-likeness (QED) is 0.650. The van der Waals surface area contributed by atoms with Gasteiger partial charge in [0.05, 0.1) is 6.10 Å². The molecular weight excluding hydrogens is 252 g/mol. The van der Waals surface area contributed by atoms with Crippen LogP contribution in [0.3, 0.4) is 0 Å². The van der Waals surface area contributed by atoms with Crippen LogP contribution in [0.25, 0.3) is 0 Å². The van der Waals surface area contributed by atoms with Crippen LogP contribution in [0.2, 0.25) is 0 Å². The Morgan fingerprint density at radius 1 is 0.950 bits per heavy atom. The van der Waals surface area contributed by atoms with Crippen molar-refractivity contribution in [3.05, 3.63) is 60.2 Å². The van der Waals surface area contributed by atoms with E-state index in [2.05, 4.69) is 5.32 Å². The van der Waals surface area contributed by atoms with E-state index in [-0.39, 0.29) is 0 Å². The Kier molecular flexibility index (Phi) is 5.12. The lowest BCUT2D eigenvalue weighted by Crippen LogP contribution is -2.21. The van der Waals surface area contributed by atoms with E-state index >= 15 is 0 Å². The normalized spacial score (nSPS) is 13.8. The first-order valence-corrected chi connectivity index (χ1v) is 6.69. The zero-order valence-corrected chi connectivity index (χ0v) is 11.2. The molecule has 2 unspecified atom stereocenters. The topological polar surface area (TPSA) is 78.5 Å². The van der Waals surface area contributed by atoms with Gasteiger partial charge in [-0.2, -0.15) is 0 Å². The lowest BCUT2D eigenvalue weighted by atomic mass is 10.0. The summed E-state index contributed by atoms with van der Waals surface area (Å²) in [5.41, 5.74) is 7.91. The zero-order valence-electron chi connectivity index (χ0n) is 11.2. The first kappa shape index (κ1) is 14.5. The number of rotatable bonds is 6. The average Bonchev–Trinajstić information content (AvgIpc) is 2.48. The minimum absolute atomic E-state index is 0.347. The van der Waals surface area contributed by atoms with Crippen molar-refractivity contribution in [2.45, 2.75) is 18.6 Å². The van der Waals surface area contributed by atoms with E-state index in [4.69, 9.17) is 5.73 Å². The van der Waals surface area contributed by atoms with Gasteiger partial charge < -0.3 is 21.3 Å². The van der Waals surface area contributed by atoms with Crippen LogP contribution in [-0.4, -0.2) is 22.9 Å². The van der Waals surface area contributed by atoms with Gasteiger partial charge in [-0.15, -0.1) is 0 Å². The van der Waals surface area contributed by atoms with Gasteiger partial charge >= 0.3 is 0 Å². The summed E-state index contributed by atoms with van der Waals surface area (Å²) in [6.07, 6.45) is -1.39. The Morgan fingerprint density at radius 3 is 2.35 bits per heavy atom. The summed E-state index contributed by atoms with van der Waals surface area (Å²) < 4.78 is 0. The van der Waals surface area contributed by atoms with Crippen LogP contribution in [0.5, 0.6) is 0 Å². The van der Waals surface area contributed by atoms with Crippen LogP contribution in [0.1, 0.15) is 18.1 Å². The van der Waals surface area contributed by atoms with Gasteiger partial charge in [0, 0.05) is 11.4 Å². The van der Waals surface area contributed by atoms with Gasteiger partial charge in [0.25, 0.3) is 0 Å². The van der Waals surface area contributed by atoms with Crippen LogP contribution >= 0.6 is 0 Å². The molecule has 2 aromatic rings. The molecule has 0 bridgehead atoms. The molecule has 5 N–H and O–H groups in total. The lowest BCUT2D eigenvalue weighted by molar-refractivity contribution is 0.0150. The van der Waals surface area contributed by atoms with Crippen molar-refractivity contribution in [1.82, 2.24) is 0 Å². The maximum Gasteiger partial charge on any atom is 0.105 e. The second-order valence-electron chi connectivity index (χ2n) is 4.71. The van der Waals surface area contributed by atoms with Gasteiger partial charge in [0.1, 0.15) is 6.10 Å². The smallest absolute Gasteiger partial charge is 0.105 e. The number of anilines is 2. The van der Waals surface area contributed by atoms with E-state index in [9.17, 15) is 10.2 Å². The van der Waals surface area contributed by atoms with Crippen molar-refractivity contribution in [2.24, 2.45) is 5.73 Å². The fourth-order valence-electron chi connectivity index (χ4n) is 2.04. The van der Waals surface area contributed by atoms with Gasteiger partial charge in [-0.05, 0) is 42.8 Å². The maximum atomic E-state index is 10.1. The number of hydrogen-bond donors (Lipinski definition) is 4. The van der Waals surface area contributed by atoms with E-state index in [1.165, 1.54) is 0 Å². The maximum absolute atomic E-state index is 10.1. The Morgan fingerprint density at radius 2 is 1.65 bits per heavy atom. The van der Waals surface area contributed by atoms with E-state index in [1.807, 2.05) is 48.5 Å². The molecule has 106 valence electrons. The number of hydrogen-bond acceptors (Lipinski definition) is 4. The molecule has 0 aliphatic carbocycles. The number of nitrogens with two attached hydrogens (primary N) is 1. The molecule has 0 aliphatic heterocycles. The summed E-state index contributed by atoms with van der Waals surface area (Å²) >= 11 is 0. The molecule has 0 aliphatic rings. The molecule has 2 atom stereocenters. The molecule has 4 heteroatoms. The van der Waals surface area contributed by atoms with Gasteiger partial charge in [-0.25, -0.2) is 0 Å². The second-order valence-corrected chi connectivity index (χ2v) is 4.71. The molecule has 0 saturated carbocycles. The third kappa shape index (κ3) is 3.81. The third-order valence-corrected chi connectivity index (χ3v) is 3.12. The highest BCUT2D eigenvalue weighted by atomic mass is 16.3. The fraction of sp³-hybridized carbons (Fsp3) is 0.250. The standard InChI is InChI=1S/C16H20N2O2/c17-10-9-15(19)16(20)12-5-4-8-14(11-12)18-13-6-2-1-3-7-13/h1-8,11,15-16,18-20H,9-10,17H2. The Hall–Kier alpha value is -1.88. The lowest BCUT2D eigenvalue weighted by Gasteiger charge is -2.18. The molecule has 0 spiro atoms. The predicted molar refractivity (Wildman–Crippen MR) is 80.8 cm³/mol. The number of aliphatic hydroxyl groups excluding tert-OH is 2. The van der Waals surface area contributed by atoms with Crippen molar-refractivity contribution in [2.75, 3.05) is 11.9 Å². The van der Waals surface area contributed by atoms with Gasteiger partial charge in [0.2, 0.25) is 0 Å². The van der Waals surface area contributed by atoms with E-state index in [0.717, 1.165) is 11.4 Å². The summed E-state index contributed by atoms with van der Waals surface area (Å²) in [6, 6.07) is 17.2. The minimum Gasteiger partial charge on any atom is -0.390 e. The molecule has 20 heavy (non-hydrogen) atoms. The molecule has 0 fully saturated rings. The summed E-state index contributed by atoms with van der Waals surface area (Å²) in [4.78, 5) is 0. The van der Waals surface area contributed by atoms with Crippen LogP contribution < -0.4 is 11.1 Å². The average molecular weight is 272 g/mol. The Labute approximate surface area is 118 Å². The number of benzene rings is 2. The molecule has 0 radical (unpaired) electrons. The van der Waals surface area contributed by atoms with E-state index in [1.54, 1.807) is 6.07 Å². The van der Waals surface area contributed by atoms with Crippen molar-refractivity contribution >= 4 is 11.4 Å². The predicted octanol–water partition coefficient (Wildman–Crippen LogP) is 2.17. The molecular formula is C16H20N2O2. The zero-order chi connectivity index (χ0) is 14.4. The SMILES string of the molecule is NCCC(O)C(O)c1cccc(Nc2ccccc2)c1. The molecule has 0 aromatic heterocycles. The van der Waals surface area contributed by atoms with Crippen molar-refractivity contribution in [1.29, 1.82) is 0 Å². The number of para-hydroxylation sites is 1. The van der Waals surface area contributed by atoms with Gasteiger partial charge in [-0.3, -0.25) is 0 Å². The molecule has 0 saturated heterocycles. The summed E-state index contributed by atoms with van der Waals surface area (Å²) in [7, 11) is 0. The highest BCUT2D eigenvalue weighted by Gasteiger charge is 2.17. The fourth-order valence-corrected chi connectivity index (χ4v) is 2.04. The molecule has 4 nitrogen and oxygen atoms in total. The summed E-state index contributed by atoms with van der Waals surface area (Å²) in [5.74, 6) is 0. The van der Waals surface area contributed by atoms with E-state index in [0.29, 0.717) is 18.5 Å². The third-order valence-electron chi connectivity index (χ3n) is 3.12. The summed E-state index contributed by atoms with van der Waals surface area (Å²) in [6.45, 7) is 0.347. The minimum atomic E-state index is -0.920. The van der Waals surface area contributed by atoms with E-state index < -0.39 is 12.2 Å². The van der Waals surface area contributed by atoms with Crippen molar-refractivity contribution < 1.29 is 10.2 Å². The molecule has 2 rings (SSSR count). The monoisotopic (exact) mass is 272 g/mol. The van der Waals surface area contributed by atoms with Crippen molar-refractivity contribution in [3.63, 3.8) is 0 Å². The summed E-state index contributed by atoms with van der Waals surface area (Å²) in [5, 5.41) is 23.1. The van der Waals surface area contributed by atoms with Crippen LogP contribution in [0.15, 0.2) is 54.6 Å². The second kappa shape index (κ2) is 7.05. The van der Waals surface area contributed by atoms with Gasteiger partial charge in [0.15, 0.2) is 0 Å². The van der Waals surface area contributed by atoms with Crippen LogP contribution in [-0.2, 0) is 0 Å². The molecule has 0 amide bonds. The number of nitrogens with one attached hydrogen (secondary N) is 1. The highest BCUT2D eigenvalue weighted by Crippen LogP contribution is 2.23.